The lowest BCUT2D eigenvalue weighted by molar-refractivity contribution is 0.181. The maximum atomic E-state index is 6.01. The van der Waals surface area contributed by atoms with Gasteiger partial charge < -0.3 is 8.85 Å². The lowest BCUT2D eigenvalue weighted by atomic mass is 10.2. The fraction of sp³-hybridized carbons (Fsp3) is 1.00. The fourth-order valence-electron chi connectivity index (χ4n) is 2.18. The van der Waals surface area contributed by atoms with E-state index in [1.807, 2.05) is 0 Å². The van der Waals surface area contributed by atoms with E-state index in [1.54, 1.807) is 0 Å². The summed E-state index contributed by atoms with van der Waals surface area (Å²) in [7, 11) is -1.85. The van der Waals surface area contributed by atoms with Crippen LogP contribution in [0.25, 0.3) is 0 Å². The highest BCUT2D eigenvalue weighted by Crippen LogP contribution is 2.24. The minimum absolute atomic E-state index is 0.806. The molecule has 0 unspecified atom stereocenters. The molecule has 0 aliphatic rings. The molecule has 0 radical (unpaired) electrons. The Hall–Kier alpha value is 0.137. The van der Waals surface area contributed by atoms with Gasteiger partial charge in [0.05, 0.1) is 0 Å². The quantitative estimate of drug-likeness (QED) is 0.395. The summed E-state index contributed by atoms with van der Waals surface area (Å²) < 4.78 is 12.0. The zero-order chi connectivity index (χ0) is 12.3. The van der Waals surface area contributed by atoms with Gasteiger partial charge in [0.25, 0.3) is 0 Å². The first kappa shape index (κ1) is 16.1. The van der Waals surface area contributed by atoms with Crippen molar-refractivity contribution in [3.63, 3.8) is 0 Å². The molecule has 0 bridgehead atoms. The van der Waals surface area contributed by atoms with E-state index in [9.17, 15) is 0 Å². The molecule has 0 rings (SSSR count). The first-order valence-electron chi connectivity index (χ1n) is 7.02. The third kappa shape index (κ3) is 6.66. The summed E-state index contributed by atoms with van der Waals surface area (Å²) in [4.78, 5) is 0. The van der Waals surface area contributed by atoms with Crippen LogP contribution in [-0.4, -0.2) is 21.8 Å². The first-order valence-corrected chi connectivity index (χ1v) is 9.25. The highest BCUT2D eigenvalue weighted by Gasteiger charge is 2.35. The van der Waals surface area contributed by atoms with Gasteiger partial charge in [-0.25, -0.2) is 0 Å². The van der Waals surface area contributed by atoms with Crippen LogP contribution in [-0.2, 0) is 8.85 Å². The average molecular weight is 246 g/mol. The van der Waals surface area contributed by atoms with Gasteiger partial charge in [0, 0.05) is 13.2 Å². The van der Waals surface area contributed by atoms with Gasteiger partial charge in [-0.1, -0.05) is 46.0 Å². The Kier molecular flexibility index (Phi) is 10.4. The molecule has 0 aromatic rings. The van der Waals surface area contributed by atoms with Crippen LogP contribution in [0.1, 0.15) is 59.8 Å². The van der Waals surface area contributed by atoms with E-state index in [1.165, 1.54) is 38.1 Å². The minimum Gasteiger partial charge on any atom is -0.394 e. The lowest BCUT2D eigenvalue weighted by Gasteiger charge is -2.29. The van der Waals surface area contributed by atoms with Gasteiger partial charge >= 0.3 is 8.56 Å². The van der Waals surface area contributed by atoms with E-state index in [2.05, 4.69) is 27.7 Å². The summed E-state index contributed by atoms with van der Waals surface area (Å²) >= 11 is 0. The third-order valence-corrected chi connectivity index (χ3v) is 6.86. The molecular formula is C13H30O2Si. The number of rotatable bonds is 11. The monoisotopic (exact) mass is 246 g/mol. The van der Waals surface area contributed by atoms with E-state index in [-0.39, 0.29) is 0 Å². The summed E-state index contributed by atoms with van der Waals surface area (Å²) in [5, 5.41) is 0. The van der Waals surface area contributed by atoms with E-state index in [0.29, 0.717) is 0 Å². The van der Waals surface area contributed by atoms with Gasteiger partial charge in [-0.2, -0.15) is 0 Å². The normalized spacial score (nSPS) is 12.0. The summed E-state index contributed by atoms with van der Waals surface area (Å²) in [5.41, 5.74) is 0. The van der Waals surface area contributed by atoms with Crippen molar-refractivity contribution in [3.05, 3.63) is 0 Å². The Morgan fingerprint density at radius 2 is 1.31 bits per heavy atom. The van der Waals surface area contributed by atoms with E-state index >= 15 is 0 Å². The summed E-state index contributed by atoms with van der Waals surface area (Å²) in [6.45, 7) is 10.3. The van der Waals surface area contributed by atoms with Crippen molar-refractivity contribution in [2.75, 3.05) is 13.2 Å². The van der Waals surface area contributed by atoms with Crippen LogP contribution in [0, 0.1) is 0 Å². The van der Waals surface area contributed by atoms with Crippen LogP contribution in [0.2, 0.25) is 12.1 Å². The largest absolute Gasteiger partial charge is 0.394 e. The van der Waals surface area contributed by atoms with Gasteiger partial charge in [0.1, 0.15) is 0 Å². The molecule has 0 aliphatic carbocycles. The predicted octanol–water partition coefficient (Wildman–Crippen LogP) is 4.49. The highest BCUT2D eigenvalue weighted by molar-refractivity contribution is 6.67. The SMILES string of the molecule is CCCCCC[Si](CCC)(OCC)OCC. The molecular weight excluding hydrogens is 216 g/mol. The van der Waals surface area contributed by atoms with Gasteiger partial charge in [0.2, 0.25) is 0 Å². The fourth-order valence-corrected chi connectivity index (χ4v) is 5.70. The van der Waals surface area contributed by atoms with Crippen LogP contribution >= 0.6 is 0 Å². The van der Waals surface area contributed by atoms with Gasteiger partial charge in [-0.05, 0) is 25.9 Å². The summed E-state index contributed by atoms with van der Waals surface area (Å²) in [5.74, 6) is 0. The molecule has 0 aliphatic heterocycles. The van der Waals surface area contributed by atoms with Crippen molar-refractivity contribution in [2.45, 2.75) is 71.9 Å². The Bertz CT molecular complexity index is 134. The molecule has 0 fully saturated rings. The second-order valence-electron chi connectivity index (χ2n) is 4.34. The number of hydrogen-bond donors (Lipinski definition) is 0. The van der Waals surface area contributed by atoms with E-state index in [0.717, 1.165) is 19.3 Å². The molecule has 3 heteroatoms. The van der Waals surface area contributed by atoms with Crippen LogP contribution < -0.4 is 0 Å². The summed E-state index contributed by atoms with van der Waals surface area (Å²) in [6.07, 6.45) is 6.43. The highest BCUT2D eigenvalue weighted by atomic mass is 28.4. The molecule has 16 heavy (non-hydrogen) atoms. The molecule has 2 nitrogen and oxygen atoms in total. The van der Waals surface area contributed by atoms with Crippen LogP contribution in [0.15, 0.2) is 0 Å². The molecule has 0 aromatic heterocycles. The van der Waals surface area contributed by atoms with Crippen molar-refractivity contribution in [3.8, 4) is 0 Å². The van der Waals surface area contributed by atoms with E-state index < -0.39 is 8.56 Å². The number of hydrogen-bond acceptors (Lipinski definition) is 2. The van der Waals surface area contributed by atoms with Gasteiger partial charge in [-0.3, -0.25) is 0 Å². The zero-order valence-corrected chi connectivity index (χ0v) is 12.7. The van der Waals surface area contributed by atoms with Crippen molar-refractivity contribution < 1.29 is 8.85 Å². The second kappa shape index (κ2) is 10.3. The van der Waals surface area contributed by atoms with Crippen molar-refractivity contribution in [2.24, 2.45) is 0 Å². The summed E-state index contributed by atoms with van der Waals surface area (Å²) in [6, 6.07) is 2.34. The third-order valence-electron chi connectivity index (χ3n) is 2.86. The molecule has 0 atom stereocenters. The molecule has 98 valence electrons. The topological polar surface area (TPSA) is 18.5 Å². The maximum absolute atomic E-state index is 6.01. The van der Waals surface area contributed by atoms with Crippen LogP contribution in [0.3, 0.4) is 0 Å². The zero-order valence-electron chi connectivity index (χ0n) is 11.7. The van der Waals surface area contributed by atoms with Crippen molar-refractivity contribution in [1.29, 1.82) is 0 Å². The molecule has 0 spiro atoms. The average Bonchev–Trinajstić information content (AvgIpc) is 2.26. The molecule has 0 aromatic carbocycles. The van der Waals surface area contributed by atoms with Gasteiger partial charge in [0.15, 0.2) is 0 Å². The van der Waals surface area contributed by atoms with Crippen molar-refractivity contribution >= 4 is 8.56 Å². The van der Waals surface area contributed by atoms with E-state index in [4.69, 9.17) is 8.85 Å². The first-order chi connectivity index (χ1) is 7.74. The molecule has 0 N–H and O–H groups in total. The van der Waals surface area contributed by atoms with Gasteiger partial charge in [-0.15, -0.1) is 0 Å². The standard InChI is InChI=1S/C13H30O2Si/c1-5-9-10-11-13-16(12-6-2,14-7-3)15-8-4/h5-13H2,1-4H3. The Morgan fingerprint density at radius 3 is 1.75 bits per heavy atom. The molecule has 0 saturated heterocycles. The predicted molar refractivity (Wildman–Crippen MR) is 73.1 cm³/mol. The Labute approximate surface area is 103 Å². The minimum atomic E-state index is -1.85. The second-order valence-corrected chi connectivity index (χ2v) is 7.74. The molecule has 0 amide bonds. The number of unbranched alkanes of at least 4 members (excludes halogenated alkanes) is 3. The smallest absolute Gasteiger partial charge is 0.338 e. The van der Waals surface area contributed by atoms with Crippen molar-refractivity contribution in [1.82, 2.24) is 0 Å². The molecule has 0 heterocycles. The Morgan fingerprint density at radius 1 is 0.688 bits per heavy atom. The maximum Gasteiger partial charge on any atom is 0.338 e. The van der Waals surface area contributed by atoms with Crippen LogP contribution in [0.4, 0.5) is 0 Å². The lowest BCUT2D eigenvalue weighted by Crippen LogP contribution is -2.42. The molecule has 0 saturated carbocycles. The van der Waals surface area contributed by atoms with Crippen LogP contribution in [0.5, 0.6) is 0 Å². The Balaban J connectivity index is 4.12.